The Morgan fingerprint density at radius 1 is 1.35 bits per heavy atom. The molecule has 0 spiro atoms. The highest BCUT2D eigenvalue weighted by molar-refractivity contribution is 5.97. The lowest BCUT2D eigenvalue weighted by atomic mass is 9.84. The van der Waals surface area contributed by atoms with Gasteiger partial charge >= 0.3 is 5.97 Å². The van der Waals surface area contributed by atoms with Gasteiger partial charge in [-0.2, -0.15) is 0 Å². The molecule has 0 aromatic carbocycles. The lowest BCUT2D eigenvalue weighted by Crippen LogP contribution is -2.46. The van der Waals surface area contributed by atoms with Crippen molar-refractivity contribution in [3.8, 4) is 0 Å². The quantitative estimate of drug-likeness (QED) is 0.778. The molecule has 2 aliphatic rings. The summed E-state index contributed by atoms with van der Waals surface area (Å²) in [5, 5.41) is 0. The average molecular weight is 277 g/mol. The fourth-order valence-corrected chi connectivity index (χ4v) is 3.63. The first kappa shape index (κ1) is 13.2. The van der Waals surface area contributed by atoms with Crippen molar-refractivity contribution in [1.82, 2.24) is 4.90 Å². The summed E-state index contributed by atoms with van der Waals surface area (Å²) in [5.74, 6) is -0.0107. The Bertz CT molecular complexity index is 496. The van der Waals surface area contributed by atoms with E-state index in [2.05, 4.69) is 0 Å². The largest absolute Gasteiger partial charge is 0.472 e. The van der Waals surface area contributed by atoms with E-state index < -0.39 is 6.04 Å². The number of ether oxygens (including phenoxy) is 1. The normalized spacial score (nSPS) is 29.1. The van der Waals surface area contributed by atoms with Crippen molar-refractivity contribution >= 4 is 11.9 Å². The summed E-state index contributed by atoms with van der Waals surface area (Å²) in [7, 11) is 1.38. The molecule has 5 nitrogen and oxygen atoms in total. The van der Waals surface area contributed by atoms with Gasteiger partial charge in [0.05, 0.1) is 18.9 Å². The number of carbonyl (C=O) groups is 2. The topological polar surface area (TPSA) is 59.8 Å². The van der Waals surface area contributed by atoms with E-state index >= 15 is 0 Å². The Morgan fingerprint density at radius 2 is 2.15 bits per heavy atom. The molecule has 1 amide bonds. The summed E-state index contributed by atoms with van der Waals surface area (Å²) in [6.45, 7) is 0. The zero-order valence-electron chi connectivity index (χ0n) is 11.6. The van der Waals surface area contributed by atoms with E-state index in [1.165, 1.54) is 26.1 Å². The van der Waals surface area contributed by atoms with Crippen molar-refractivity contribution in [1.29, 1.82) is 0 Å². The number of likely N-dealkylation sites (tertiary alicyclic amines) is 1. The number of methoxy groups -OCH3 is 1. The van der Waals surface area contributed by atoms with Crippen LogP contribution in [0.3, 0.4) is 0 Å². The predicted molar refractivity (Wildman–Crippen MR) is 71.0 cm³/mol. The third kappa shape index (κ3) is 2.11. The van der Waals surface area contributed by atoms with Crippen LogP contribution in [0.25, 0.3) is 0 Å². The van der Waals surface area contributed by atoms with Gasteiger partial charge in [-0.15, -0.1) is 0 Å². The Labute approximate surface area is 117 Å². The molecule has 0 bridgehead atoms. The molecule has 1 aliphatic carbocycles. The fourth-order valence-electron chi connectivity index (χ4n) is 3.63. The molecule has 108 valence electrons. The second-order valence-corrected chi connectivity index (χ2v) is 5.61. The summed E-state index contributed by atoms with van der Waals surface area (Å²) >= 11 is 0. The molecule has 1 aliphatic heterocycles. The minimum absolute atomic E-state index is 0.122. The molecule has 1 saturated carbocycles. The number of hydrogen-bond acceptors (Lipinski definition) is 4. The first-order valence-electron chi connectivity index (χ1n) is 7.15. The third-order valence-corrected chi connectivity index (χ3v) is 4.56. The van der Waals surface area contributed by atoms with E-state index in [0.29, 0.717) is 11.5 Å². The number of rotatable bonds is 2. The fraction of sp³-hybridized carbons (Fsp3) is 0.600. The van der Waals surface area contributed by atoms with E-state index in [1.807, 2.05) is 0 Å². The molecular weight excluding hydrogens is 258 g/mol. The maximum atomic E-state index is 12.7. The highest BCUT2D eigenvalue weighted by atomic mass is 16.5. The van der Waals surface area contributed by atoms with Crippen LogP contribution < -0.4 is 0 Å². The minimum Gasteiger partial charge on any atom is -0.472 e. The monoisotopic (exact) mass is 277 g/mol. The Balaban J connectivity index is 1.90. The summed E-state index contributed by atoms with van der Waals surface area (Å²) in [6.07, 6.45) is 8.00. The van der Waals surface area contributed by atoms with E-state index in [4.69, 9.17) is 9.15 Å². The first-order chi connectivity index (χ1) is 9.72. The van der Waals surface area contributed by atoms with Gasteiger partial charge in [0.2, 0.25) is 0 Å². The molecule has 3 atom stereocenters. The number of esters is 1. The van der Waals surface area contributed by atoms with Crippen LogP contribution in [0.4, 0.5) is 0 Å². The van der Waals surface area contributed by atoms with Crippen LogP contribution in [-0.2, 0) is 9.53 Å². The first-order valence-corrected chi connectivity index (χ1v) is 7.15. The molecule has 0 unspecified atom stereocenters. The van der Waals surface area contributed by atoms with Crippen LogP contribution in [0, 0.1) is 5.92 Å². The Hall–Kier alpha value is -1.78. The van der Waals surface area contributed by atoms with Crippen LogP contribution in [0.5, 0.6) is 0 Å². The molecule has 2 heterocycles. The maximum Gasteiger partial charge on any atom is 0.328 e. The maximum absolute atomic E-state index is 12.7. The van der Waals surface area contributed by atoms with Crippen LogP contribution in [-0.4, -0.2) is 36.0 Å². The van der Waals surface area contributed by atoms with E-state index in [-0.39, 0.29) is 17.9 Å². The molecule has 1 saturated heterocycles. The number of amides is 1. The van der Waals surface area contributed by atoms with Crippen molar-refractivity contribution < 1.29 is 18.7 Å². The number of carbonyl (C=O) groups excluding carboxylic acids is 2. The van der Waals surface area contributed by atoms with E-state index in [0.717, 1.165) is 25.7 Å². The van der Waals surface area contributed by atoms with Gasteiger partial charge in [-0.25, -0.2) is 4.79 Å². The SMILES string of the molecule is COC(=O)[C@@H]1C[C@@H]2CCCC[C@@H]2N1C(=O)c1ccoc1. The van der Waals surface area contributed by atoms with Crippen molar-refractivity contribution in [2.45, 2.75) is 44.2 Å². The zero-order chi connectivity index (χ0) is 14.1. The minimum atomic E-state index is -0.449. The van der Waals surface area contributed by atoms with Crippen LogP contribution in [0.2, 0.25) is 0 Å². The second-order valence-electron chi connectivity index (χ2n) is 5.61. The molecule has 1 aromatic rings. The predicted octanol–water partition coefficient (Wildman–Crippen LogP) is 2.23. The van der Waals surface area contributed by atoms with Crippen LogP contribution >= 0.6 is 0 Å². The molecule has 2 fully saturated rings. The third-order valence-electron chi connectivity index (χ3n) is 4.56. The van der Waals surface area contributed by atoms with Gasteiger partial charge in [-0.05, 0) is 31.2 Å². The molecule has 1 aromatic heterocycles. The van der Waals surface area contributed by atoms with Crippen LogP contribution in [0.1, 0.15) is 42.5 Å². The summed E-state index contributed by atoms with van der Waals surface area (Å²) < 4.78 is 9.87. The number of fused-ring (bicyclic) bond motifs is 1. The van der Waals surface area contributed by atoms with Gasteiger partial charge in [0, 0.05) is 6.04 Å². The number of nitrogens with zero attached hydrogens (tertiary/aromatic N) is 1. The summed E-state index contributed by atoms with van der Waals surface area (Å²) in [5.41, 5.74) is 0.505. The standard InChI is InChI=1S/C15H19NO4/c1-19-15(18)13-8-10-4-2-3-5-12(10)16(13)14(17)11-6-7-20-9-11/h6-7,9-10,12-13H,2-5,8H2,1H3/t10-,12-,13-/m0/s1. The second kappa shape index (κ2) is 5.31. The lowest BCUT2D eigenvalue weighted by molar-refractivity contribution is -0.145. The van der Waals surface area contributed by atoms with Crippen molar-refractivity contribution in [3.63, 3.8) is 0 Å². The van der Waals surface area contributed by atoms with Crippen molar-refractivity contribution in [3.05, 3.63) is 24.2 Å². The molecule has 0 radical (unpaired) electrons. The van der Waals surface area contributed by atoms with Crippen molar-refractivity contribution in [2.24, 2.45) is 5.92 Å². The van der Waals surface area contributed by atoms with Gasteiger partial charge in [0.25, 0.3) is 5.91 Å². The average Bonchev–Trinajstić information content (AvgIpc) is 3.12. The van der Waals surface area contributed by atoms with E-state index in [1.54, 1.807) is 11.0 Å². The van der Waals surface area contributed by atoms with Gasteiger partial charge in [-0.1, -0.05) is 12.8 Å². The summed E-state index contributed by atoms with van der Waals surface area (Å²) in [4.78, 5) is 26.4. The van der Waals surface area contributed by atoms with Gasteiger partial charge in [0.15, 0.2) is 0 Å². The molecule has 3 rings (SSSR count). The molecule has 0 N–H and O–H groups in total. The Morgan fingerprint density at radius 3 is 2.85 bits per heavy atom. The zero-order valence-corrected chi connectivity index (χ0v) is 11.6. The lowest BCUT2D eigenvalue weighted by Gasteiger charge is -2.33. The number of hydrogen-bond donors (Lipinski definition) is 0. The van der Waals surface area contributed by atoms with Gasteiger partial charge in [-0.3, -0.25) is 4.79 Å². The highest BCUT2D eigenvalue weighted by Gasteiger charge is 2.48. The van der Waals surface area contributed by atoms with Crippen molar-refractivity contribution in [2.75, 3.05) is 7.11 Å². The highest BCUT2D eigenvalue weighted by Crippen LogP contribution is 2.40. The molecular formula is C15H19NO4. The number of furan rings is 1. The van der Waals surface area contributed by atoms with Gasteiger partial charge < -0.3 is 14.1 Å². The molecule has 5 heteroatoms. The molecule has 20 heavy (non-hydrogen) atoms. The van der Waals surface area contributed by atoms with Gasteiger partial charge in [0.1, 0.15) is 12.3 Å². The smallest absolute Gasteiger partial charge is 0.328 e. The Kier molecular flexibility index (Phi) is 3.51. The summed E-state index contributed by atoms with van der Waals surface area (Å²) in [6, 6.07) is 1.36. The van der Waals surface area contributed by atoms with E-state index in [9.17, 15) is 9.59 Å². The van der Waals surface area contributed by atoms with Crippen LogP contribution in [0.15, 0.2) is 23.0 Å².